The third-order valence-corrected chi connectivity index (χ3v) is 1.99. The summed E-state index contributed by atoms with van der Waals surface area (Å²) in [4.78, 5) is 11.0. The molecular formula is C7H14N2O2. The highest BCUT2D eigenvalue weighted by atomic mass is 16.5. The first-order valence-electron chi connectivity index (χ1n) is 3.75. The molecule has 0 unspecified atom stereocenters. The van der Waals surface area contributed by atoms with Crippen LogP contribution >= 0.6 is 0 Å². The van der Waals surface area contributed by atoms with E-state index in [0.717, 1.165) is 13.0 Å². The van der Waals surface area contributed by atoms with E-state index in [9.17, 15) is 4.79 Å². The standard InChI is InChI=1S/C7H14N2O2/c1-8-7(10)6-3-5(11-2)4-9-6/h5-6,9H,3-4H2,1-2H3,(H,8,10)/t5-,6+/m1/s1. The van der Waals surface area contributed by atoms with Gasteiger partial charge >= 0.3 is 0 Å². The SMILES string of the molecule is CNC(=O)[C@@H]1C[C@@H](OC)CN1. The molecule has 1 heterocycles. The molecule has 0 radical (unpaired) electrons. The van der Waals surface area contributed by atoms with Crippen molar-refractivity contribution in [2.75, 3.05) is 20.7 Å². The van der Waals surface area contributed by atoms with E-state index in [4.69, 9.17) is 4.74 Å². The third kappa shape index (κ3) is 1.91. The van der Waals surface area contributed by atoms with Crippen molar-refractivity contribution in [1.82, 2.24) is 10.6 Å². The minimum atomic E-state index is -0.0649. The van der Waals surface area contributed by atoms with Crippen molar-refractivity contribution in [3.05, 3.63) is 0 Å². The summed E-state index contributed by atoms with van der Waals surface area (Å²) in [5.41, 5.74) is 0. The molecule has 0 saturated carbocycles. The Morgan fingerprint density at radius 1 is 1.73 bits per heavy atom. The summed E-state index contributed by atoms with van der Waals surface area (Å²) >= 11 is 0. The number of hydrogen-bond donors (Lipinski definition) is 2. The normalized spacial score (nSPS) is 30.4. The van der Waals surface area contributed by atoms with Crippen molar-refractivity contribution < 1.29 is 9.53 Å². The van der Waals surface area contributed by atoms with Gasteiger partial charge in [0.2, 0.25) is 5.91 Å². The summed E-state index contributed by atoms with van der Waals surface area (Å²) in [5, 5.41) is 5.67. The maximum atomic E-state index is 11.0. The third-order valence-electron chi connectivity index (χ3n) is 1.99. The Kier molecular flexibility index (Phi) is 2.84. The van der Waals surface area contributed by atoms with Crippen LogP contribution in [0, 0.1) is 0 Å². The van der Waals surface area contributed by atoms with E-state index in [2.05, 4.69) is 10.6 Å². The number of nitrogens with one attached hydrogen (secondary N) is 2. The largest absolute Gasteiger partial charge is 0.380 e. The molecule has 2 N–H and O–H groups in total. The van der Waals surface area contributed by atoms with E-state index in [1.807, 2.05) is 0 Å². The Bertz CT molecular complexity index is 149. The van der Waals surface area contributed by atoms with Gasteiger partial charge in [0.25, 0.3) is 0 Å². The molecule has 1 amide bonds. The summed E-state index contributed by atoms with van der Waals surface area (Å²) in [6, 6.07) is -0.0649. The summed E-state index contributed by atoms with van der Waals surface area (Å²) in [6.07, 6.45) is 0.966. The molecule has 1 saturated heterocycles. The van der Waals surface area contributed by atoms with Crippen molar-refractivity contribution in [3.8, 4) is 0 Å². The molecule has 4 heteroatoms. The number of carbonyl (C=O) groups is 1. The van der Waals surface area contributed by atoms with Gasteiger partial charge in [-0.25, -0.2) is 0 Å². The van der Waals surface area contributed by atoms with Crippen LogP contribution in [0.25, 0.3) is 0 Å². The number of rotatable bonds is 2. The maximum Gasteiger partial charge on any atom is 0.236 e. The molecule has 11 heavy (non-hydrogen) atoms. The summed E-state index contributed by atoms with van der Waals surface area (Å²) < 4.78 is 5.09. The Labute approximate surface area is 66.3 Å². The van der Waals surface area contributed by atoms with Crippen LogP contribution in [-0.4, -0.2) is 38.8 Å². The van der Waals surface area contributed by atoms with Crippen LogP contribution in [-0.2, 0) is 9.53 Å². The minimum Gasteiger partial charge on any atom is -0.380 e. The van der Waals surface area contributed by atoms with Crippen LogP contribution in [0.15, 0.2) is 0 Å². The zero-order valence-electron chi connectivity index (χ0n) is 6.89. The van der Waals surface area contributed by atoms with Gasteiger partial charge in [-0.3, -0.25) is 4.79 Å². The lowest BCUT2D eigenvalue weighted by Gasteiger charge is -2.07. The number of likely N-dealkylation sites (N-methyl/N-ethyl adjacent to an activating group) is 1. The van der Waals surface area contributed by atoms with Crippen molar-refractivity contribution in [2.24, 2.45) is 0 Å². The topological polar surface area (TPSA) is 50.4 Å². The highest BCUT2D eigenvalue weighted by Crippen LogP contribution is 2.08. The maximum absolute atomic E-state index is 11.0. The molecule has 2 atom stereocenters. The second-order valence-electron chi connectivity index (χ2n) is 2.67. The van der Waals surface area contributed by atoms with Gasteiger partial charge in [-0.05, 0) is 6.42 Å². The minimum absolute atomic E-state index is 0.0459. The van der Waals surface area contributed by atoms with Gasteiger partial charge in [0.1, 0.15) is 0 Å². The Balaban J connectivity index is 2.35. The summed E-state index contributed by atoms with van der Waals surface area (Å²) in [7, 11) is 3.31. The van der Waals surface area contributed by atoms with Gasteiger partial charge in [0.05, 0.1) is 12.1 Å². The fourth-order valence-corrected chi connectivity index (χ4v) is 1.26. The van der Waals surface area contributed by atoms with Gasteiger partial charge in [0, 0.05) is 20.7 Å². The summed E-state index contributed by atoms with van der Waals surface area (Å²) in [6.45, 7) is 0.772. The first kappa shape index (κ1) is 8.49. The van der Waals surface area contributed by atoms with Gasteiger partial charge in [0.15, 0.2) is 0 Å². The molecular weight excluding hydrogens is 144 g/mol. The van der Waals surface area contributed by atoms with Gasteiger partial charge in [-0.2, -0.15) is 0 Å². The highest BCUT2D eigenvalue weighted by molar-refractivity contribution is 5.81. The molecule has 1 aliphatic heterocycles. The van der Waals surface area contributed by atoms with Gasteiger partial charge in [-0.15, -0.1) is 0 Å². The quantitative estimate of drug-likeness (QED) is 0.548. The molecule has 0 aliphatic carbocycles. The lowest BCUT2D eigenvalue weighted by Crippen LogP contribution is -2.38. The molecule has 0 aromatic carbocycles. The first-order valence-corrected chi connectivity index (χ1v) is 3.75. The predicted molar refractivity (Wildman–Crippen MR) is 41.3 cm³/mol. The molecule has 0 spiro atoms. The fourth-order valence-electron chi connectivity index (χ4n) is 1.26. The predicted octanol–water partition coefficient (Wildman–Crippen LogP) is -0.891. The zero-order chi connectivity index (χ0) is 8.27. The second kappa shape index (κ2) is 3.69. The van der Waals surface area contributed by atoms with Crippen LogP contribution in [0.3, 0.4) is 0 Å². The second-order valence-corrected chi connectivity index (χ2v) is 2.67. The monoisotopic (exact) mass is 158 g/mol. The Morgan fingerprint density at radius 2 is 2.45 bits per heavy atom. The number of carbonyl (C=O) groups excluding carboxylic acids is 1. The Hall–Kier alpha value is -0.610. The summed E-state index contributed by atoms with van der Waals surface area (Å²) in [5.74, 6) is 0.0459. The molecule has 0 aromatic heterocycles. The van der Waals surface area contributed by atoms with Crippen molar-refractivity contribution in [1.29, 1.82) is 0 Å². The number of methoxy groups -OCH3 is 1. The van der Waals surface area contributed by atoms with E-state index in [1.54, 1.807) is 14.2 Å². The molecule has 64 valence electrons. The van der Waals surface area contributed by atoms with E-state index in [0.29, 0.717) is 0 Å². The van der Waals surface area contributed by atoms with Gasteiger partial charge in [-0.1, -0.05) is 0 Å². The van der Waals surface area contributed by atoms with Crippen molar-refractivity contribution in [3.63, 3.8) is 0 Å². The molecule has 1 fully saturated rings. The van der Waals surface area contributed by atoms with Crippen LogP contribution < -0.4 is 10.6 Å². The molecule has 0 aromatic rings. The van der Waals surface area contributed by atoms with Crippen LogP contribution in [0.2, 0.25) is 0 Å². The average Bonchev–Trinajstić information content (AvgIpc) is 2.50. The smallest absolute Gasteiger partial charge is 0.236 e. The Morgan fingerprint density at radius 3 is 2.91 bits per heavy atom. The van der Waals surface area contributed by atoms with E-state index in [-0.39, 0.29) is 18.1 Å². The highest BCUT2D eigenvalue weighted by Gasteiger charge is 2.28. The van der Waals surface area contributed by atoms with Crippen molar-refractivity contribution >= 4 is 5.91 Å². The van der Waals surface area contributed by atoms with E-state index >= 15 is 0 Å². The first-order chi connectivity index (χ1) is 5.27. The van der Waals surface area contributed by atoms with Crippen LogP contribution in [0.1, 0.15) is 6.42 Å². The fraction of sp³-hybridized carbons (Fsp3) is 0.857. The van der Waals surface area contributed by atoms with E-state index < -0.39 is 0 Å². The van der Waals surface area contributed by atoms with E-state index in [1.165, 1.54) is 0 Å². The lowest BCUT2D eigenvalue weighted by atomic mass is 10.2. The number of amides is 1. The van der Waals surface area contributed by atoms with Gasteiger partial charge < -0.3 is 15.4 Å². The number of hydrogen-bond acceptors (Lipinski definition) is 3. The molecule has 1 aliphatic rings. The van der Waals surface area contributed by atoms with Crippen molar-refractivity contribution in [2.45, 2.75) is 18.6 Å². The average molecular weight is 158 g/mol. The zero-order valence-corrected chi connectivity index (χ0v) is 6.89. The molecule has 0 bridgehead atoms. The van der Waals surface area contributed by atoms with Crippen LogP contribution in [0.4, 0.5) is 0 Å². The molecule has 4 nitrogen and oxygen atoms in total. The number of ether oxygens (including phenoxy) is 1. The lowest BCUT2D eigenvalue weighted by molar-refractivity contribution is -0.122. The molecule has 1 rings (SSSR count). The van der Waals surface area contributed by atoms with Crippen LogP contribution in [0.5, 0.6) is 0 Å².